The van der Waals surface area contributed by atoms with Gasteiger partial charge in [-0.2, -0.15) is 0 Å². The van der Waals surface area contributed by atoms with Crippen molar-refractivity contribution in [2.75, 3.05) is 13.7 Å². The summed E-state index contributed by atoms with van der Waals surface area (Å²) >= 11 is 0. The summed E-state index contributed by atoms with van der Waals surface area (Å²) in [6, 6.07) is 0.590. The minimum Gasteiger partial charge on any atom is -0.480 e. The van der Waals surface area contributed by atoms with E-state index in [0.717, 1.165) is 6.42 Å². The van der Waals surface area contributed by atoms with Crippen LogP contribution in [0.5, 0.6) is 0 Å². The molecule has 0 aliphatic carbocycles. The first-order chi connectivity index (χ1) is 7.11. The molecule has 0 radical (unpaired) electrons. The first kappa shape index (κ1) is 13.6. The highest BCUT2D eigenvalue weighted by Crippen LogP contribution is 2.06. The SMILES string of the molecule is CCC(C)n1ccnc1.COCC(=O)O. The van der Waals surface area contributed by atoms with Crippen molar-refractivity contribution in [1.29, 1.82) is 0 Å². The van der Waals surface area contributed by atoms with Gasteiger partial charge < -0.3 is 14.4 Å². The van der Waals surface area contributed by atoms with Gasteiger partial charge in [0.25, 0.3) is 0 Å². The highest BCUT2D eigenvalue weighted by atomic mass is 16.5. The lowest BCUT2D eigenvalue weighted by molar-refractivity contribution is -0.141. The summed E-state index contributed by atoms with van der Waals surface area (Å²) in [6.07, 6.45) is 6.82. The molecule has 1 aromatic heterocycles. The van der Waals surface area contributed by atoms with Crippen molar-refractivity contribution in [2.45, 2.75) is 26.3 Å². The number of carboxylic acids is 1. The summed E-state index contributed by atoms with van der Waals surface area (Å²) in [5, 5.41) is 7.79. The number of carbonyl (C=O) groups is 1. The fraction of sp³-hybridized carbons (Fsp3) is 0.600. The number of hydrogen-bond donors (Lipinski definition) is 1. The van der Waals surface area contributed by atoms with Crippen LogP contribution >= 0.6 is 0 Å². The van der Waals surface area contributed by atoms with Gasteiger partial charge in [0.05, 0.1) is 6.33 Å². The molecule has 0 spiro atoms. The van der Waals surface area contributed by atoms with Crippen LogP contribution in [0.4, 0.5) is 0 Å². The lowest BCUT2D eigenvalue weighted by Gasteiger charge is -2.07. The average Bonchev–Trinajstić information content (AvgIpc) is 2.70. The quantitative estimate of drug-likeness (QED) is 0.826. The number of aliphatic carboxylic acids is 1. The van der Waals surface area contributed by atoms with Gasteiger partial charge in [0.2, 0.25) is 0 Å². The van der Waals surface area contributed by atoms with Crippen molar-refractivity contribution in [2.24, 2.45) is 0 Å². The van der Waals surface area contributed by atoms with E-state index in [2.05, 4.69) is 28.1 Å². The van der Waals surface area contributed by atoms with Gasteiger partial charge in [-0.05, 0) is 13.3 Å². The van der Waals surface area contributed by atoms with Gasteiger partial charge in [0.15, 0.2) is 0 Å². The van der Waals surface area contributed by atoms with Crippen molar-refractivity contribution in [3.63, 3.8) is 0 Å². The number of ether oxygens (including phenoxy) is 1. The van der Waals surface area contributed by atoms with Crippen molar-refractivity contribution >= 4 is 5.97 Å². The molecule has 0 fully saturated rings. The number of carboxylic acid groups (broad SMARTS) is 1. The van der Waals surface area contributed by atoms with Gasteiger partial charge in [-0.15, -0.1) is 0 Å². The maximum Gasteiger partial charge on any atom is 0.329 e. The zero-order valence-electron chi connectivity index (χ0n) is 9.38. The Kier molecular flexibility index (Phi) is 7.27. The van der Waals surface area contributed by atoms with Gasteiger partial charge >= 0.3 is 5.97 Å². The Morgan fingerprint density at radius 3 is 2.60 bits per heavy atom. The molecule has 1 N–H and O–H groups in total. The van der Waals surface area contributed by atoms with Crippen molar-refractivity contribution in [3.05, 3.63) is 18.7 Å². The largest absolute Gasteiger partial charge is 0.480 e. The van der Waals surface area contributed by atoms with E-state index in [1.807, 2.05) is 18.7 Å². The third-order valence-electron chi connectivity index (χ3n) is 1.89. The first-order valence-corrected chi connectivity index (χ1v) is 4.80. The van der Waals surface area contributed by atoms with E-state index >= 15 is 0 Å². The third kappa shape index (κ3) is 6.68. The Bertz CT molecular complexity index is 260. The number of rotatable bonds is 4. The van der Waals surface area contributed by atoms with Crippen molar-refractivity contribution in [3.8, 4) is 0 Å². The summed E-state index contributed by atoms with van der Waals surface area (Å²) in [4.78, 5) is 13.4. The molecule has 0 aliphatic rings. The molecule has 1 rings (SSSR count). The molecular formula is C10H18N2O3. The molecule has 0 saturated carbocycles. The maximum atomic E-state index is 9.47. The molecule has 0 bridgehead atoms. The van der Waals surface area contributed by atoms with E-state index in [-0.39, 0.29) is 6.61 Å². The predicted molar refractivity (Wildman–Crippen MR) is 56.7 cm³/mol. The van der Waals surface area contributed by atoms with Gasteiger partial charge in [-0.1, -0.05) is 6.92 Å². The minimum atomic E-state index is -0.933. The zero-order chi connectivity index (χ0) is 11.7. The second kappa shape index (κ2) is 7.99. The van der Waals surface area contributed by atoms with Crippen LogP contribution in [0.25, 0.3) is 0 Å². The summed E-state index contributed by atoms with van der Waals surface area (Å²) < 4.78 is 6.31. The molecule has 0 aromatic carbocycles. The summed E-state index contributed by atoms with van der Waals surface area (Å²) in [5.74, 6) is -0.933. The van der Waals surface area contributed by atoms with Crippen LogP contribution in [0.3, 0.4) is 0 Å². The molecule has 1 unspecified atom stereocenters. The third-order valence-corrected chi connectivity index (χ3v) is 1.89. The molecule has 0 saturated heterocycles. The fourth-order valence-electron chi connectivity index (χ4n) is 0.864. The monoisotopic (exact) mass is 214 g/mol. The second-order valence-electron chi connectivity index (χ2n) is 3.09. The molecule has 5 nitrogen and oxygen atoms in total. The molecule has 1 atom stereocenters. The van der Waals surface area contributed by atoms with Gasteiger partial charge in [0.1, 0.15) is 6.61 Å². The standard InChI is InChI=1S/C7H12N2.C3H6O3/c1-3-7(2)9-5-4-8-6-9;1-6-2-3(4)5/h4-7H,3H2,1-2H3;2H2,1H3,(H,4,5). The van der Waals surface area contributed by atoms with Crippen LogP contribution in [-0.4, -0.2) is 34.3 Å². The van der Waals surface area contributed by atoms with Crippen LogP contribution < -0.4 is 0 Å². The van der Waals surface area contributed by atoms with Crippen LogP contribution in [0.2, 0.25) is 0 Å². The number of imidazole rings is 1. The van der Waals surface area contributed by atoms with Gasteiger partial charge in [0, 0.05) is 25.5 Å². The normalized spacial score (nSPS) is 11.4. The average molecular weight is 214 g/mol. The van der Waals surface area contributed by atoms with Gasteiger partial charge in [-0.25, -0.2) is 9.78 Å². The number of nitrogens with zero attached hydrogens (tertiary/aromatic N) is 2. The number of hydrogen-bond acceptors (Lipinski definition) is 3. The van der Waals surface area contributed by atoms with E-state index in [9.17, 15) is 4.79 Å². The lowest BCUT2D eigenvalue weighted by Crippen LogP contribution is -2.02. The van der Waals surface area contributed by atoms with E-state index in [1.54, 1.807) is 0 Å². The van der Waals surface area contributed by atoms with Crippen LogP contribution in [0.1, 0.15) is 26.3 Å². The van der Waals surface area contributed by atoms with E-state index in [4.69, 9.17) is 5.11 Å². The highest BCUT2D eigenvalue weighted by Gasteiger charge is 1.96. The van der Waals surface area contributed by atoms with Gasteiger partial charge in [-0.3, -0.25) is 0 Å². The Balaban J connectivity index is 0.000000288. The maximum absolute atomic E-state index is 9.47. The molecule has 0 amide bonds. The van der Waals surface area contributed by atoms with Crippen LogP contribution in [0, 0.1) is 0 Å². The Morgan fingerprint density at radius 2 is 2.33 bits per heavy atom. The number of methoxy groups -OCH3 is 1. The molecule has 15 heavy (non-hydrogen) atoms. The first-order valence-electron chi connectivity index (χ1n) is 4.80. The van der Waals surface area contributed by atoms with E-state index in [1.165, 1.54) is 7.11 Å². The van der Waals surface area contributed by atoms with Crippen LogP contribution in [-0.2, 0) is 9.53 Å². The Hall–Kier alpha value is -1.36. The predicted octanol–water partition coefficient (Wildman–Crippen LogP) is 1.57. The molecule has 1 aromatic rings. The molecule has 0 aliphatic heterocycles. The second-order valence-corrected chi connectivity index (χ2v) is 3.09. The Labute approximate surface area is 89.7 Å². The van der Waals surface area contributed by atoms with E-state index in [0.29, 0.717) is 6.04 Å². The molecule has 86 valence electrons. The van der Waals surface area contributed by atoms with E-state index < -0.39 is 5.97 Å². The highest BCUT2D eigenvalue weighted by molar-refractivity contribution is 5.67. The zero-order valence-corrected chi connectivity index (χ0v) is 9.38. The summed E-state index contributed by atoms with van der Waals surface area (Å²) in [7, 11) is 1.34. The Morgan fingerprint density at radius 1 is 1.67 bits per heavy atom. The van der Waals surface area contributed by atoms with Crippen LogP contribution in [0.15, 0.2) is 18.7 Å². The molecule has 1 heterocycles. The van der Waals surface area contributed by atoms with Crippen molar-refractivity contribution < 1.29 is 14.6 Å². The summed E-state index contributed by atoms with van der Waals surface area (Å²) in [6.45, 7) is 4.15. The molecule has 5 heteroatoms. The lowest BCUT2D eigenvalue weighted by atomic mass is 10.3. The fourth-order valence-corrected chi connectivity index (χ4v) is 0.864. The summed E-state index contributed by atoms with van der Waals surface area (Å²) in [5.41, 5.74) is 0. The smallest absolute Gasteiger partial charge is 0.329 e. The molecular weight excluding hydrogens is 196 g/mol. The topological polar surface area (TPSA) is 64.4 Å². The van der Waals surface area contributed by atoms with Crippen molar-refractivity contribution in [1.82, 2.24) is 9.55 Å². The number of aromatic nitrogens is 2. The minimum absolute atomic E-state index is 0.208.